The number of carbonyl (C=O) groups excluding carboxylic acids is 1. The molecule has 4 aromatic rings. The van der Waals surface area contributed by atoms with Gasteiger partial charge in [0.15, 0.2) is 5.16 Å². The maximum Gasteiger partial charge on any atom is 0.234 e. The molecule has 0 aliphatic rings. The minimum Gasteiger partial charge on any atom is -0.456 e. The Labute approximate surface area is 176 Å². The molecule has 0 aliphatic carbocycles. The topological polar surface area (TPSA) is 79.9 Å². The summed E-state index contributed by atoms with van der Waals surface area (Å²) in [7, 11) is 0. The van der Waals surface area contributed by atoms with Gasteiger partial charge in [0.1, 0.15) is 11.5 Å². The SMILES string of the molecule is Cc1cncc(Oc2ccc(NC(=O)CSc3nc4ccc(Cl)cc4[nH]3)cc2)c1. The predicted octanol–water partition coefficient (Wildman–Crippen LogP) is 5.44. The highest BCUT2D eigenvalue weighted by atomic mass is 35.5. The fraction of sp³-hybridized carbons (Fsp3) is 0.0952. The van der Waals surface area contributed by atoms with Gasteiger partial charge in [0.25, 0.3) is 0 Å². The number of pyridine rings is 1. The maximum absolute atomic E-state index is 12.2. The van der Waals surface area contributed by atoms with E-state index < -0.39 is 0 Å². The molecule has 1 amide bonds. The van der Waals surface area contributed by atoms with Crippen molar-refractivity contribution in [3.8, 4) is 11.5 Å². The monoisotopic (exact) mass is 424 g/mol. The van der Waals surface area contributed by atoms with E-state index in [1.807, 2.05) is 25.1 Å². The van der Waals surface area contributed by atoms with Gasteiger partial charge in [-0.25, -0.2) is 4.98 Å². The highest BCUT2D eigenvalue weighted by molar-refractivity contribution is 7.99. The quantitative estimate of drug-likeness (QED) is 0.403. The highest BCUT2D eigenvalue weighted by Gasteiger charge is 2.08. The van der Waals surface area contributed by atoms with Crippen LogP contribution in [0.2, 0.25) is 5.02 Å². The first-order valence-electron chi connectivity index (χ1n) is 8.83. The van der Waals surface area contributed by atoms with Crippen molar-refractivity contribution in [1.82, 2.24) is 15.0 Å². The van der Waals surface area contributed by atoms with Crippen LogP contribution in [0, 0.1) is 6.92 Å². The number of aromatic nitrogens is 3. The lowest BCUT2D eigenvalue weighted by Gasteiger charge is -2.08. The Hall–Kier alpha value is -3.03. The average molecular weight is 425 g/mol. The molecule has 0 saturated heterocycles. The van der Waals surface area contributed by atoms with Gasteiger partial charge in [-0.05, 0) is 61.0 Å². The number of thioether (sulfide) groups is 1. The van der Waals surface area contributed by atoms with Gasteiger partial charge in [0.2, 0.25) is 5.91 Å². The number of hydrogen-bond donors (Lipinski definition) is 2. The van der Waals surface area contributed by atoms with Crippen LogP contribution in [-0.2, 0) is 4.79 Å². The summed E-state index contributed by atoms with van der Waals surface area (Å²) in [6.07, 6.45) is 3.43. The predicted molar refractivity (Wildman–Crippen MR) is 116 cm³/mol. The molecule has 2 N–H and O–H groups in total. The Kier molecular flexibility index (Phi) is 5.69. The summed E-state index contributed by atoms with van der Waals surface area (Å²) in [5, 5.41) is 4.18. The summed E-state index contributed by atoms with van der Waals surface area (Å²) in [4.78, 5) is 23.9. The van der Waals surface area contributed by atoms with E-state index in [0.29, 0.717) is 27.4 Å². The standard InChI is InChI=1S/C21H17ClN4O2S/c1-13-8-17(11-23-10-13)28-16-5-3-15(4-6-16)24-20(27)12-29-21-25-18-7-2-14(22)9-19(18)26-21/h2-11H,12H2,1H3,(H,24,27)(H,25,26). The number of aryl methyl sites for hydroxylation is 1. The van der Waals surface area contributed by atoms with E-state index in [2.05, 4.69) is 20.3 Å². The van der Waals surface area contributed by atoms with Crippen LogP contribution in [0.15, 0.2) is 66.1 Å². The normalized spacial score (nSPS) is 10.8. The van der Waals surface area contributed by atoms with Crippen LogP contribution in [0.5, 0.6) is 11.5 Å². The highest BCUT2D eigenvalue weighted by Crippen LogP contribution is 2.24. The molecule has 2 heterocycles. The second kappa shape index (κ2) is 8.55. The summed E-state index contributed by atoms with van der Waals surface area (Å²) in [5.74, 6) is 1.46. The first-order chi connectivity index (χ1) is 14.0. The lowest BCUT2D eigenvalue weighted by molar-refractivity contribution is -0.113. The van der Waals surface area contributed by atoms with Crippen molar-refractivity contribution in [3.05, 3.63) is 71.5 Å². The zero-order valence-electron chi connectivity index (χ0n) is 15.5. The molecule has 0 bridgehead atoms. The van der Waals surface area contributed by atoms with Gasteiger partial charge in [-0.3, -0.25) is 9.78 Å². The number of imidazole rings is 1. The van der Waals surface area contributed by atoms with Crippen LogP contribution in [0.3, 0.4) is 0 Å². The van der Waals surface area contributed by atoms with Crippen molar-refractivity contribution in [3.63, 3.8) is 0 Å². The molecular formula is C21H17ClN4O2S. The smallest absolute Gasteiger partial charge is 0.234 e. The summed E-state index contributed by atoms with van der Waals surface area (Å²) in [5.41, 5.74) is 3.38. The third-order valence-electron chi connectivity index (χ3n) is 3.99. The lowest BCUT2D eigenvalue weighted by atomic mass is 10.3. The zero-order valence-corrected chi connectivity index (χ0v) is 17.1. The molecule has 29 heavy (non-hydrogen) atoms. The van der Waals surface area contributed by atoms with Crippen LogP contribution < -0.4 is 10.1 Å². The second-order valence-corrected chi connectivity index (χ2v) is 7.77. The molecule has 6 nitrogen and oxygen atoms in total. The Bertz CT molecular complexity index is 1160. The molecule has 4 rings (SSSR count). The largest absolute Gasteiger partial charge is 0.456 e. The van der Waals surface area contributed by atoms with Gasteiger partial charge < -0.3 is 15.0 Å². The van der Waals surface area contributed by atoms with Gasteiger partial charge in [-0.15, -0.1) is 0 Å². The van der Waals surface area contributed by atoms with E-state index in [1.165, 1.54) is 11.8 Å². The van der Waals surface area contributed by atoms with Crippen molar-refractivity contribution >= 4 is 46.0 Å². The van der Waals surface area contributed by atoms with Crippen LogP contribution in [0.1, 0.15) is 5.56 Å². The first kappa shape index (κ1) is 19.3. The fourth-order valence-corrected chi connectivity index (χ4v) is 3.54. The van der Waals surface area contributed by atoms with Crippen molar-refractivity contribution in [1.29, 1.82) is 0 Å². The maximum atomic E-state index is 12.2. The minimum absolute atomic E-state index is 0.120. The second-order valence-electron chi connectivity index (χ2n) is 6.36. The number of H-pyrrole nitrogens is 1. The molecular weight excluding hydrogens is 408 g/mol. The van der Waals surface area contributed by atoms with E-state index >= 15 is 0 Å². The van der Waals surface area contributed by atoms with Crippen molar-refractivity contribution in [2.24, 2.45) is 0 Å². The molecule has 146 valence electrons. The molecule has 0 aliphatic heterocycles. The number of benzene rings is 2. The Balaban J connectivity index is 1.32. The van der Waals surface area contributed by atoms with Gasteiger partial charge >= 0.3 is 0 Å². The van der Waals surface area contributed by atoms with Crippen LogP contribution >= 0.6 is 23.4 Å². The van der Waals surface area contributed by atoms with Crippen LogP contribution in [0.25, 0.3) is 11.0 Å². The van der Waals surface area contributed by atoms with Gasteiger partial charge in [-0.2, -0.15) is 0 Å². The van der Waals surface area contributed by atoms with E-state index in [0.717, 1.165) is 16.6 Å². The van der Waals surface area contributed by atoms with E-state index in [-0.39, 0.29) is 11.7 Å². The Morgan fingerprint density at radius 1 is 1.14 bits per heavy atom. The number of ether oxygens (including phenoxy) is 1. The number of amides is 1. The third-order valence-corrected chi connectivity index (χ3v) is 5.09. The van der Waals surface area contributed by atoms with Gasteiger partial charge in [0, 0.05) is 16.9 Å². The minimum atomic E-state index is -0.120. The van der Waals surface area contributed by atoms with Crippen molar-refractivity contribution in [2.75, 3.05) is 11.1 Å². The molecule has 0 atom stereocenters. The van der Waals surface area contributed by atoms with E-state index in [4.69, 9.17) is 16.3 Å². The molecule has 0 unspecified atom stereocenters. The number of hydrogen-bond acceptors (Lipinski definition) is 5. The summed E-state index contributed by atoms with van der Waals surface area (Å²) in [6.45, 7) is 1.96. The van der Waals surface area contributed by atoms with Gasteiger partial charge in [0.05, 0.1) is 23.0 Å². The number of carbonyl (C=O) groups is 1. The zero-order chi connectivity index (χ0) is 20.2. The van der Waals surface area contributed by atoms with E-state index in [9.17, 15) is 4.79 Å². The summed E-state index contributed by atoms with van der Waals surface area (Å²) >= 11 is 7.31. The van der Waals surface area contributed by atoms with Crippen molar-refractivity contribution < 1.29 is 9.53 Å². The molecule has 0 spiro atoms. The van der Waals surface area contributed by atoms with E-state index in [1.54, 1.807) is 42.7 Å². The molecule has 2 aromatic heterocycles. The van der Waals surface area contributed by atoms with Crippen LogP contribution in [-0.4, -0.2) is 26.6 Å². The Morgan fingerprint density at radius 3 is 2.76 bits per heavy atom. The number of halogens is 1. The van der Waals surface area contributed by atoms with Crippen molar-refractivity contribution in [2.45, 2.75) is 12.1 Å². The fourth-order valence-electron chi connectivity index (χ4n) is 2.68. The number of anilines is 1. The molecule has 0 saturated carbocycles. The molecule has 8 heteroatoms. The first-order valence-corrected chi connectivity index (χ1v) is 10.2. The van der Waals surface area contributed by atoms with Gasteiger partial charge in [-0.1, -0.05) is 23.4 Å². The third kappa shape index (κ3) is 5.07. The average Bonchev–Trinajstić information content (AvgIpc) is 3.10. The summed E-state index contributed by atoms with van der Waals surface area (Å²) < 4.78 is 5.76. The van der Waals surface area contributed by atoms with Crippen LogP contribution in [0.4, 0.5) is 5.69 Å². The number of rotatable bonds is 6. The molecule has 2 aromatic carbocycles. The molecule has 0 radical (unpaired) electrons. The number of aromatic amines is 1. The number of nitrogens with zero attached hydrogens (tertiary/aromatic N) is 2. The number of nitrogens with one attached hydrogen (secondary N) is 2. The lowest BCUT2D eigenvalue weighted by Crippen LogP contribution is -2.13. The Morgan fingerprint density at radius 2 is 1.97 bits per heavy atom. The number of fused-ring (bicyclic) bond motifs is 1. The summed E-state index contributed by atoms with van der Waals surface area (Å²) in [6, 6.07) is 14.5. The molecule has 0 fully saturated rings.